The Morgan fingerprint density at radius 1 is 1.00 bits per heavy atom. The smallest absolute Gasteiger partial charge is 0.408 e. The van der Waals surface area contributed by atoms with Crippen LogP contribution in [0.2, 0.25) is 0 Å². The van der Waals surface area contributed by atoms with Crippen molar-refractivity contribution < 1.29 is 24.2 Å². The van der Waals surface area contributed by atoms with Crippen LogP contribution in [-0.2, 0) is 14.3 Å². The van der Waals surface area contributed by atoms with Crippen molar-refractivity contribution in [3.8, 4) is 11.1 Å². The van der Waals surface area contributed by atoms with Gasteiger partial charge in [-0.1, -0.05) is 68.3 Å². The first-order valence-corrected chi connectivity index (χ1v) is 12.5. The minimum absolute atomic E-state index is 0.0610. The maximum absolute atomic E-state index is 13.0. The van der Waals surface area contributed by atoms with Crippen LogP contribution in [0.5, 0.6) is 0 Å². The fraction of sp³-hybridized carbons (Fsp3) is 0.464. The Balaban J connectivity index is 1.36. The quantitative estimate of drug-likeness (QED) is 0.510. The number of carbonyl (C=O) groups excluding carboxylic acids is 2. The molecule has 2 aromatic carbocycles. The first-order valence-electron chi connectivity index (χ1n) is 12.5. The molecule has 0 heterocycles. The molecule has 1 saturated carbocycles. The van der Waals surface area contributed by atoms with Gasteiger partial charge in [0.2, 0.25) is 5.91 Å². The zero-order valence-corrected chi connectivity index (χ0v) is 20.4. The number of aliphatic carboxylic acids is 1. The fourth-order valence-electron chi connectivity index (χ4n) is 5.36. The summed E-state index contributed by atoms with van der Waals surface area (Å²) < 4.78 is 5.62. The minimum Gasteiger partial charge on any atom is -0.481 e. The summed E-state index contributed by atoms with van der Waals surface area (Å²) in [6.45, 7) is 3.95. The number of nitrogens with one attached hydrogen (secondary N) is 2. The zero-order valence-electron chi connectivity index (χ0n) is 20.4. The number of benzene rings is 2. The molecule has 0 aliphatic heterocycles. The second-order valence-electron chi connectivity index (χ2n) is 9.84. The van der Waals surface area contributed by atoms with E-state index in [-0.39, 0.29) is 30.9 Å². The molecular weight excluding hydrogens is 444 g/mol. The van der Waals surface area contributed by atoms with E-state index in [9.17, 15) is 19.5 Å². The molecule has 186 valence electrons. The largest absolute Gasteiger partial charge is 0.481 e. The van der Waals surface area contributed by atoms with Crippen LogP contribution in [0.25, 0.3) is 11.1 Å². The van der Waals surface area contributed by atoms with Crippen LogP contribution in [0, 0.1) is 11.8 Å². The summed E-state index contributed by atoms with van der Waals surface area (Å²) in [6.07, 6.45) is 3.01. The Bertz CT molecular complexity index is 1050. The Morgan fingerprint density at radius 3 is 2.20 bits per heavy atom. The number of carboxylic acids is 1. The topological polar surface area (TPSA) is 105 Å². The van der Waals surface area contributed by atoms with Gasteiger partial charge in [-0.15, -0.1) is 0 Å². The highest BCUT2D eigenvalue weighted by Gasteiger charge is 2.37. The highest BCUT2D eigenvalue weighted by Crippen LogP contribution is 2.44. The van der Waals surface area contributed by atoms with Crippen molar-refractivity contribution in [2.45, 2.75) is 57.4 Å². The molecule has 0 bridgehead atoms. The van der Waals surface area contributed by atoms with Gasteiger partial charge in [-0.25, -0.2) is 4.79 Å². The van der Waals surface area contributed by atoms with Crippen LogP contribution in [0.15, 0.2) is 48.5 Å². The maximum Gasteiger partial charge on any atom is 0.408 e. The molecule has 2 aliphatic rings. The van der Waals surface area contributed by atoms with Gasteiger partial charge in [0.05, 0.1) is 5.92 Å². The standard InChI is InChI=1S/C28H34N2O5/c1-3-28(2,26(33)29-16-18-10-4-5-11-19(18)25(31)32)30-27(34)35-17-24-22-14-8-6-12-20(22)21-13-7-9-15-23(21)24/h6-9,12-15,18-19,24H,3-5,10-11,16-17H2,1-2H3,(H,29,33)(H,30,34)(H,31,32)/t18-,19-,28?/m0/s1. The Labute approximate surface area is 206 Å². The average Bonchev–Trinajstić information content (AvgIpc) is 3.19. The van der Waals surface area contributed by atoms with Crippen LogP contribution in [0.3, 0.4) is 0 Å². The second kappa shape index (κ2) is 10.5. The molecule has 7 heteroatoms. The normalized spacial score (nSPS) is 20.7. The number of carbonyl (C=O) groups is 3. The van der Waals surface area contributed by atoms with E-state index in [0.29, 0.717) is 12.8 Å². The van der Waals surface area contributed by atoms with Gasteiger partial charge in [0.25, 0.3) is 0 Å². The third-order valence-electron chi connectivity index (χ3n) is 7.68. The molecule has 3 atom stereocenters. The van der Waals surface area contributed by atoms with Gasteiger partial charge < -0.3 is 20.5 Å². The summed E-state index contributed by atoms with van der Waals surface area (Å²) in [5.74, 6) is -1.73. The predicted octanol–water partition coefficient (Wildman–Crippen LogP) is 4.70. The van der Waals surface area contributed by atoms with Gasteiger partial charge in [0.15, 0.2) is 0 Å². The van der Waals surface area contributed by atoms with Gasteiger partial charge in [-0.2, -0.15) is 0 Å². The fourth-order valence-corrected chi connectivity index (χ4v) is 5.36. The van der Waals surface area contributed by atoms with E-state index in [1.165, 1.54) is 0 Å². The lowest BCUT2D eigenvalue weighted by molar-refractivity contribution is -0.145. The number of alkyl carbamates (subject to hydrolysis) is 1. The number of hydrogen-bond acceptors (Lipinski definition) is 4. The second-order valence-corrected chi connectivity index (χ2v) is 9.84. The molecule has 1 unspecified atom stereocenters. The molecular formula is C28H34N2O5. The van der Waals surface area contributed by atoms with E-state index in [4.69, 9.17) is 4.74 Å². The molecule has 4 rings (SSSR count). The molecule has 2 amide bonds. The van der Waals surface area contributed by atoms with Crippen molar-refractivity contribution in [2.24, 2.45) is 11.8 Å². The summed E-state index contributed by atoms with van der Waals surface area (Å²) in [5, 5.41) is 15.1. The molecule has 0 spiro atoms. The van der Waals surface area contributed by atoms with Crippen LogP contribution < -0.4 is 10.6 Å². The van der Waals surface area contributed by atoms with Gasteiger partial charge in [0, 0.05) is 12.5 Å². The van der Waals surface area contributed by atoms with Gasteiger partial charge in [0.1, 0.15) is 12.1 Å². The number of amides is 2. The van der Waals surface area contributed by atoms with Crippen molar-refractivity contribution in [3.05, 3.63) is 59.7 Å². The monoisotopic (exact) mass is 478 g/mol. The van der Waals surface area contributed by atoms with Crippen LogP contribution in [-0.4, -0.2) is 41.8 Å². The molecule has 7 nitrogen and oxygen atoms in total. The number of rotatable bonds is 8. The third kappa shape index (κ3) is 5.19. The van der Waals surface area contributed by atoms with E-state index >= 15 is 0 Å². The van der Waals surface area contributed by atoms with Crippen molar-refractivity contribution in [3.63, 3.8) is 0 Å². The summed E-state index contributed by atoms with van der Waals surface area (Å²) in [6, 6.07) is 16.2. The average molecular weight is 479 g/mol. The lowest BCUT2D eigenvalue weighted by Crippen LogP contribution is -2.57. The molecule has 1 fully saturated rings. The molecule has 35 heavy (non-hydrogen) atoms. The number of hydrogen-bond donors (Lipinski definition) is 3. The van der Waals surface area contributed by atoms with E-state index in [2.05, 4.69) is 34.9 Å². The summed E-state index contributed by atoms with van der Waals surface area (Å²) in [5.41, 5.74) is 3.39. The first kappa shape index (κ1) is 24.8. The molecule has 3 N–H and O–H groups in total. The molecule has 2 aliphatic carbocycles. The highest BCUT2D eigenvalue weighted by atomic mass is 16.5. The number of carboxylic acid groups (broad SMARTS) is 1. The molecule has 2 aromatic rings. The van der Waals surface area contributed by atoms with Gasteiger partial charge in [-0.3, -0.25) is 9.59 Å². The summed E-state index contributed by atoms with van der Waals surface area (Å²) in [4.78, 5) is 37.3. The zero-order chi connectivity index (χ0) is 25.0. The van der Waals surface area contributed by atoms with Crippen molar-refractivity contribution in [1.29, 1.82) is 0 Å². The van der Waals surface area contributed by atoms with Crippen LogP contribution >= 0.6 is 0 Å². The number of fused-ring (bicyclic) bond motifs is 3. The molecule has 0 radical (unpaired) electrons. The SMILES string of the molecule is CCC(C)(NC(=O)OCC1c2ccccc2-c2ccccc21)C(=O)NC[C@@H]1CCCC[C@@H]1C(=O)O. The third-order valence-corrected chi connectivity index (χ3v) is 7.68. The predicted molar refractivity (Wildman–Crippen MR) is 133 cm³/mol. The molecule has 0 aromatic heterocycles. The van der Waals surface area contributed by atoms with Gasteiger partial charge >= 0.3 is 12.1 Å². The van der Waals surface area contributed by atoms with E-state index in [1.54, 1.807) is 6.92 Å². The summed E-state index contributed by atoms with van der Waals surface area (Å²) in [7, 11) is 0. The van der Waals surface area contributed by atoms with Crippen molar-refractivity contribution in [2.75, 3.05) is 13.2 Å². The maximum atomic E-state index is 13.0. The summed E-state index contributed by atoms with van der Waals surface area (Å²) >= 11 is 0. The molecule has 0 saturated heterocycles. The van der Waals surface area contributed by atoms with Crippen molar-refractivity contribution >= 4 is 18.0 Å². The highest BCUT2D eigenvalue weighted by molar-refractivity contribution is 5.89. The van der Waals surface area contributed by atoms with E-state index < -0.39 is 23.5 Å². The Hall–Kier alpha value is -3.35. The van der Waals surface area contributed by atoms with E-state index in [0.717, 1.165) is 41.5 Å². The van der Waals surface area contributed by atoms with E-state index in [1.807, 2.05) is 31.2 Å². The lowest BCUT2D eigenvalue weighted by Gasteiger charge is -2.32. The minimum atomic E-state index is -1.16. The first-order chi connectivity index (χ1) is 16.8. The van der Waals surface area contributed by atoms with Crippen LogP contribution in [0.1, 0.15) is 63.0 Å². The Morgan fingerprint density at radius 2 is 1.60 bits per heavy atom. The van der Waals surface area contributed by atoms with Gasteiger partial charge in [-0.05, 0) is 54.4 Å². The Kier molecular flexibility index (Phi) is 7.43. The lowest BCUT2D eigenvalue weighted by atomic mass is 9.79. The number of ether oxygens (including phenoxy) is 1. The van der Waals surface area contributed by atoms with Crippen LogP contribution in [0.4, 0.5) is 4.79 Å². The van der Waals surface area contributed by atoms with Crippen molar-refractivity contribution in [1.82, 2.24) is 10.6 Å².